The van der Waals surface area contributed by atoms with Crippen LogP contribution in [0.4, 0.5) is 0 Å². The van der Waals surface area contributed by atoms with Gasteiger partial charge < -0.3 is 19.8 Å². The van der Waals surface area contributed by atoms with E-state index in [1.54, 1.807) is 7.11 Å². The molecule has 21 heavy (non-hydrogen) atoms. The third-order valence-electron chi connectivity index (χ3n) is 4.59. The van der Waals surface area contributed by atoms with Gasteiger partial charge in [0.2, 0.25) is 0 Å². The lowest BCUT2D eigenvalue weighted by Gasteiger charge is -2.35. The lowest BCUT2D eigenvalue weighted by Crippen LogP contribution is -2.42. The number of hydrogen-bond donors (Lipinski definition) is 1. The van der Waals surface area contributed by atoms with Crippen LogP contribution in [-0.4, -0.2) is 36.4 Å². The number of nitrogens with zero attached hydrogens (tertiary/aromatic N) is 2. The highest BCUT2D eigenvalue weighted by Crippen LogP contribution is 2.35. The van der Waals surface area contributed by atoms with Crippen molar-refractivity contribution < 1.29 is 9.47 Å². The smallest absolute Gasteiger partial charge is 0.121 e. The van der Waals surface area contributed by atoms with Gasteiger partial charge in [0, 0.05) is 37.8 Å². The second kappa shape index (κ2) is 5.66. The Labute approximate surface area is 125 Å². The number of hydrogen-bond acceptors (Lipinski definition) is 4. The van der Waals surface area contributed by atoms with Gasteiger partial charge in [-0.2, -0.15) is 0 Å². The van der Waals surface area contributed by atoms with Gasteiger partial charge in [0.05, 0.1) is 18.1 Å². The number of aryl methyl sites for hydroxylation is 1. The van der Waals surface area contributed by atoms with E-state index in [-0.39, 0.29) is 5.41 Å². The minimum atomic E-state index is -0.0689. The van der Waals surface area contributed by atoms with Gasteiger partial charge in [0.25, 0.3) is 0 Å². The van der Waals surface area contributed by atoms with Crippen molar-refractivity contribution in [3.8, 4) is 5.75 Å². The summed E-state index contributed by atoms with van der Waals surface area (Å²) in [6.45, 7) is 5.16. The lowest BCUT2D eigenvalue weighted by atomic mass is 9.79. The molecule has 2 heterocycles. The molecule has 0 radical (unpaired) electrons. The van der Waals surface area contributed by atoms with E-state index in [0.29, 0.717) is 6.54 Å². The molecule has 5 heteroatoms. The van der Waals surface area contributed by atoms with Crippen molar-refractivity contribution in [2.45, 2.75) is 31.7 Å². The van der Waals surface area contributed by atoms with E-state index in [9.17, 15) is 0 Å². The molecule has 114 valence electrons. The standard InChI is InChI=1S/C16H23N3O2/c1-3-19-14-5-4-12(20-2)10-13(14)18-15(19)16(11-17)6-8-21-9-7-16/h4-5,10H,3,6-9,11,17H2,1-2H3. The Morgan fingerprint density at radius 1 is 1.38 bits per heavy atom. The summed E-state index contributed by atoms with van der Waals surface area (Å²) in [5.74, 6) is 1.93. The molecule has 0 atom stereocenters. The summed E-state index contributed by atoms with van der Waals surface area (Å²) in [7, 11) is 1.68. The molecule has 1 aliphatic rings. The van der Waals surface area contributed by atoms with Gasteiger partial charge >= 0.3 is 0 Å². The van der Waals surface area contributed by atoms with Crippen LogP contribution < -0.4 is 10.5 Å². The molecule has 3 rings (SSSR count). The number of benzene rings is 1. The molecule has 0 aliphatic carbocycles. The molecule has 0 spiro atoms. The fraction of sp³-hybridized carbons (Fsp3) is 0.562. The topological polar surface area (TPSA) is 62.3 Å². The van der Waals surface area contributed by atoms with Crippen LogP contribution in [-0.2, 0) is 16.7 Å². The summed E-state index contributed by atoms with van der Waals surface area (Å²) in [6.07, 6.45) is 1.87. The van der Waals surface area contributed by atoms with Crippen molar-refractivity contribution >= 4 is 11.0 Å². The molecule has 0 saturated carbocycles. The third-order valence-corrected chi connectivity index (χ3v) is 4.59. The highest BCUT2D eigenvalue weighted by Gasteiger charge is 2.37. The summed E-state index contributed by atoms with van der Waals surface area (Å²) in [5, 5.41) is 0. The highest BCUT2D eigenvalue weighted by molar-refractivity contribution is 5.78. The predicted molar refractivity (Wildman–Crippen MR) is 82.7 cm³/mol. The van der Waals surface area contributed by atoms with Crippen LogP contribution in [0.25, 0.3) is 11.0 Å². The van der Waals surface area contributed by atoms with Crippen LogP contribution in [0, 0.1) is 0 Å². The minimum absolute atomic E-state index is 0.0689. The van der Waals surface area contributed by atoms with Crippen molar-refractivity contribution in [1.82, 2.24) is 9.55 Å². The summed E-state index contributed by atoms with van der Waals surface area (Å²) in [4.78, 5) is 4.91. The Kier molecular flexibility index (Phi) is 3.87. The van der Waals surface area contributed by atoms with Crippen LogP contribution in [0.3, 0.4) is 0 Å². The molecule has 1 aromatic carbocycles. The fourth-order valence-electron chi connectivity index (χ4n) is 3.24. The highest BCUT2D eigenvalue weighted by atomic mass is 16.5. The first kappa shape index (κ1) is 14.4. The first-order valence-electron chi connectivity index (χ1n) is 7.56. The van der Waals surface area contributed by atoms with Crippen molar-refractivity contribution in [2.75, 3.05) is 26.9 Å². The average molecular weight is 289 g/mol. The largest absolute Gasteiger partial charge is 0.497 e. The Bertz CT molecular complexity index is 630. The molecule has 1 aromatic heterocycles. The van der Waals surface area contributed by atoms with Gasteiger partial charge in [-0.15, -0.1) is 0 Å². The lowest BCUT2D eigenvalue weighted by molar-refractivity contribution is 0.0489. The molecule has 5 nitrogen and oxygen atoms in total. The quantitative estimate of drug-likeness (QED) is 0.936. The number of methoxy groups -OCH3 is 1. The van der Waals surface area contributed by atoms with E-state index in [2.05, 4.69) is 17.6 Å². The summed E-state index contributed by atoms with van der Waals surface area (Å²) >= 11 is 0. The second-order valence-electron chi connectivity index (χ2n) is 5.63. The van der Waals surface area contributed by atoms with Gasteiger partial charge in [-0.3, -0.25) is 0 Å². The van der Waals surface area contributed by atoms with Gasteiger partial charge in [-0.1, -0.05) is 0 Å². The summed E-state index contributed by atoms with van der Waals surface area (Å²) in [6, 6.07) is 6.06. The number of aromatic nitrogens is 2. The molecule has 0 unspecified atom stereocenters. The summed E-state index contributed by atoms with van der Waals surface area (Å²) < 4.78 is 13.1. The minimum Gasteiger partial charge on any atom is -0.497 e. The van der Waals surface area contributed by atoms with E-state index in [0.717, 1.165) is 55.2 Å². The van der Waals surface area contributed by atoms with Crippen LogP contribution in [0.1, 0.15) is 25.6 Å². The molecule has 2 aromatic rings. The molecule has 2 N–H and O–H groups in total. The average Bonchev–Trinajstić information content (AvgIpc) is 2.93. The number of nitrogens with two attached hydrogens (primary N) is 1. The van der Waals surface area contributed by atoms with Crippen LogP contribution in [0.5, 0.6) is 5.75 Å². The van der Waals surface area contributed by atoms with Crippen molar-refractivity contribution in [3.05, 3.63) is 24.0 Å². The Morgan fingerprint density at radius 2 is 2.14 bits per heavy atom. The zero-order chi connectivity index (χ0) is 14.9. The van der Waals surface area contributed by atoms with Crippen molar-refractivity contribution in [1.29, 1.82) is 0 Å². The summed E-state index contributed by atoms with van der Waals surface area (Å²) in [5.41, 5.74) is 8.19. The van der Waals surface area contributed by atoms with E-state index in [4.69, 9.17) is 20.2 Å². The van der Waals surface area contributed by atoms with Gasteiger partial charge in [-0.25, -0.2) is 4.98 Å². The van der Waals surface area contributed by atoms with Crippen molar-refractivity contribution in [2.24, 2.45) is 5.73 Å². The van der Waals surface area contributed by atoms with Gasteiger partial charge in [-0.05, 0) is 31.9 Å². The van der Waals surface area contributed by atoms with Crippen LogP contribution >= 0.6 is 0 Å². The zero-order valence-corrected chi connectivity index (χ0v) is 12.8. The number of fused-ring (bicyclic) bond motifs is 1. The van der Waals surface area contributed by atoms with E-state index >= 15 is 0 Å². The van der Waals surface area contributed by atoms with Gasteiger partial charge in [0.1, 0.15) is 11.6 Å². The fourth-order valence-corrected chi connectivity index (χ4v) is 3.24. The van der Waals surface area contributed by atoms with Crippen LogP contribution in [0.15, 0.2) is 18.2 Å². The molecule has 1 aliphatic heterocycles. The third kappa shape index (κ3) is 2.30. The van der Waals surface area contributed by atoms with E-state index < -0.39 is 0 Å². The maximum Gasteiger partial charge on any atom is 0.121 e. The van der Waals surface area contributed by atoms with Crippen LogP contribution in [0.2, 0.25) is 0 Å². The molecule has 0 amide bonds. The Hall–Kier alpha value is -1.59. The number of rotatable bonds is 4. The number of imidazole rings is 1. The first-order valence-corrected chi connectivity index (χ1v) is 7.56. The Balaban J connectivity index is 2.16. The molecular formula is C16H23N3O2. The zero-order valence-electron chi connectivity index (χ0n) is 12.8. The first-order chi connectivity index (χ1) is 10.2. The van der Waals surface area contributed by atoms with E-state index in [1.165, 1.54) is 0 Å². The van der Waals surface area contributed by atoms with E-state index in [1.807, 2.05) is 12.1 Å². The number of ether oxygens (including phenoxy) is 2. The normalized spacial score (nSPS) is 18.0. The second-order valence-corrected chi connectivity index (χ2v) is 5.63. The predicted octanol–water partition coefficient (Wildman–Crippen LogP) is 2.07. The Morgan fingerprint density at radius 3 is 2.76 bits per heavy atom. The monoisotopic (exact) mass is 289 g/mol. The molecule has 0 bridgehead atoms. The van der Waals surface area contributed by atoms with Gasteiger partial charge in [0.15, 0.2) is 0 Å². The molecule has 1 saturated heterocycles. The molecular weight excluding hydrogens is 266 g/mol. The van der Waals surface area contributed by atoms with Crippen molar-refractivity contribution in [3.63, 3.8) is 0 Å². The molecule has 1 fully saturated rings. The SMILES string of the molecule is CCn1c(C2(CN)CCOCC2)nc2cc(OC)ccc21. The maximum atomic E-state index is 6.14. The maximum absolute atomic E-state index is 6.14.